The second-order valence-corrected chi connectivity index (χ2v) is 12.0. The summed E-state index contributed by atoms with van der Waals surface area (Å²) in [5.74, 6) is -3.24. The first-order valence-corrected chi connectivity index (χ1v) is 16.0. The van der Waals surface area contributed by atoms with Gasteiger partial charge in [-0.15, -0.1) is 0 Å². The van der Waals surface area contributed by atoms with E-state index in [9.17, 15) is 27.6 Å². The van der Waals surface area contributed by atoms with Crippen molar-refractivity contribution in [3.8, 4) is 11.1 Å². The van der Waals surface area contributed by atoms with Crippen LogP contribution in [-0.2, 0) is 0 Å². The van der Waals surface area contributed by atoms with Gasteiger partial charge in [0.05, 0.1) is 17.4 Å². The van der Waals surface area contributed by atoms with Crippen LogP contribution in [0.15, 0.2) is 84.7 Å². The molecule has 0 spiro atoms. The van der Waals surface area contributed by atoms with E-state index in [0.29, 0.717) is 23.3 Å². The zero-order valence-electron chi connectivity index (χ0n) is 26.9. The van der Waals surface area contributed by atoms with E-state index in [1.54, 1.807) is 24.4 Å². The number of anilines is 1. The minimum Gasteiger partial charge on any atom is -0.349 e. The molecule has 1 unspecified atom stereocenters. The lowest BCUT2D eigenvalue weighted by molar-refractivity contribution is 0.0940. The number of benzene rings is 2. The maximum atomic E-state index is 14.9. The second-order valence-electron chi connectivity index (χ2n) is 12.0. The summed E-state index contributed by atoms with van der Waals surface area (Å²) >= 11 is 0. The van der Waals surface area contributed by atoms with Gasteiger partial charge in [-0.2, -0.15) is 0 Å². The van der Waals surface area contributed by atoms with Gasteiger partial charge in [0.25, 0.3) is 17.7 Å². The molecule has 0 bridgehead atoms. The van der Waals surface area contributed by atoms with Crippen LogP contribution in [0.1, 0.15) is 37.6 Å². The first-order valence-electron chi connectivity index (χ1n) is 16.0. The van der Waals surface area contributed by atoms with Gasteiger partial charge >= 0.3 is 0 Å². The first-order chi connectivity index (χ1) is 23.7. The highest BCUT2D eigenvalue weighted by Crippen LogP contribution is 2.25. The van der Waals surface area contributed by atoms with Gasteiger partial charge in [-0.3, -0.25) is 23.7 Å². The van der Waals surface area contributed by atoms with E-state index in [0.717, 1.165) is 44.2 Å². The maximum Gasteiger partial charge on any atom is 0.274 e. The van der Waals surface area contributed by atoms with E-state index in [1.165, 1.54) is 34.9 Å². The molecular weight excluding hydrogens is 635 g/mol. The highest BCUT2D eigenvalue weighted by molar-refractivity contribution is 6.04. The molecule has 3 N–H and O–H groups in total. The van der Waals surface area contributed by atoms with Crippen LogP contribution in [0.4, 0.5) is 18.9 Å². The molecule has 2 aromatic carbocycles. The number of hydrogen-bond acceptors (Lipinski definition) is 6. The summed E-state index contributed by atoms with van der Waals surface area (Å²) in [7, 11) is 2.11. The summed E-state index contributed by atoms with van der Waals surface area (Å²) in [5, 5.41) is 7.79. The van der Waals surface area contributed by atoms with Crippen molar-refractivity contribution in [2.45, 2.75) is 12.5 Å². The normalized spacial score (nSPS) is 16.7. The highest BCUT2D eigenvalue weighted by Gasteiger charge is 2.26. The summed E-state index contributed by atoms with van der Waals surface area (Å²) in [6.07, 6.45) is 9.93. The van der Waals surface area contributed by atoms with Gasteiger partial charge in [-0.25, -0.2) is 18.2 Å². The number of carbonyl (C=O) groups excluding carboxylic acids is 3. The van der Waals surface area contributed by atoms with Crippen LogP contribution in [0.2, 0.25) is 0 Å². The smallest absolute Gasteiger partial charge is 0.274 e. The Balaban J connectivity index is 1.12. The van der Waals surface area contributed by atoms with Gasteiger partial charge < -0.3 is 20.9 Å². The van der Waals surface area contributed by atoms with E-state index in [-0.39, 0.29) is 35.1 Å². The highest BCUT2D eigenvalue weighted by atomic mass is 19.1. The lowest BCUT2D eigenvalue weighted by Crippen LogP contribution is -2.50. The average Bonchev–Trinajstić information content (AvgIpc) is 3.54. The molecule has 10 nitrogen and oxygen atoms in total. The predicted molar refractivity (Wildman–Crippen MR) is 180 cm³/mol. The molecule has 1 aliphatic heterocycles. The Morgan fingerprint density at radius 2 is 1.69 bits per heavy atom. The number of hydrogen-bond donors (Lipinski definition) is 3. The van der Waals surface area contributed by atoms with Gasteiger partial charge in [0.15, 0.2) is 0 Å². The molecule has 2 aromatic heterocycles. The molecule has 2 aliphatic rings. The average molecular weight is 672 g/mol. The van der Waals surface area contributed by atoms with Crippen LogP contribution < -0.4 is 16.0 Å². The zero-order valence-corrected chi connectivity index (χ0v) is 26.9. The number of likely N-dealkylation sites (N-methyl/N-ethyl adjacent to an activating group) is 1. The van der Waals surface area contributed by atoms with Crippen LogP contribution >= 0.6 is 0 Å². The van der Waals surface area contributed by atoms with Gasteiger partial charge in [-0.05, 0) is 72.6 Å². The maximum absolute atomic E-state index is 14.9. The molecule has 0 radical (unpaired) electrons. The first kappa shape index (κ1) is 33.6. The molecule has 3 amide bonds. The SMILES string of the molecule is CN1CCN(C2CC=CC=C2CNC(=O)c2ccc(F)c(NC(=O)c3cnc4cc(-c5ccc(C(=O)NCCF)c(F)c5)ccn34)c2)CC1. The summed E-state index contributed by atoms with van der Waals surface area (Å²) in [4.78, 5) is 47.5. The Morgan fingerprint density at radius 1 is 0.898 bits per heavy atom. The van der Waals surface area contributed by atoms with Crippen LogP contribution in [0.5, 0.6) is 0 Å². The quantitative estimate of drug-likeness (QED) is 0.230. The minimum absolute atomic E-state index is 0.106. The largest absolute Gasteiger partial charge is 0.349 e. The van der Waals surface area contributed by atoms with E-state index < -0.39 is 36.0 Å². The number of halogens is 3. The van der Waals surface area contributed by atoms with Crippen LogP contribution in [0, 0.1) is 11.6 Å². The van der Waals surface area contributed by atoms with Crippen molar-refractivity contribution < 1.29 is 27.6 Å². The summed E-state index contributed by atoms with van der Waals surface area (Å²) < 4.78 is 43.4. The Labute approximate surface area is 281 Å². The molecular formula is C36H36F3N7O3. The third-order valence-corrected chi connectivity index (χ3v) is 8.82. The van der Waals surface area contributed by atoms with Crippen molar-refractivity contribution in [2.24, 2.45) is 0 Å². The van der Waals surface area contributed by atoms with E-state index in [4.69, 9.17) is 0 Å². The Hall–Kier alpha value is -5.27. The van der Waals surface area contributed by atoms with Gasteiger partial charge in [-0.1, -0.05) is 24.3 Å². The molecule has 0 saturated carbocycles. The van der Waals surface area contributed by atoms with Crippen molar-refractivity contribution >= 4 is 29.1 Å². The number of allylic oxidation sites excluding steroid dienone is 2. The Morgan fingerprint density at radius 3 is 2.47 bits per heavy atom. The fraction of sp³-hybridized carbons (Fsp3) is 0.278. The lowest BCUT2D eigenvalue weighted by Gasteiger charge is -2.39. The third-order valence-electron chi connectivity index (χ3n) is 8.82. The summed E-state index contributed by atoms with van der Waals surface area (Å²) in [6.45, 7) is 3.25. The van der Waals surface area contributed by atoms with Crippen molar-refractivity contribution in [1.82, 2.24) is 29.8 Å². The topological polar surface area (TPSA) is 111 Å². The molecule has 49 heavy (non-hydrogen) atoms. The Kier molecular flexibility index (Phi) is 10.2. The van der Waals surface area contributed by atoms with Crippen LogP contribution in [-0.4, -0.2) is 95.9 Å². The predicted octanol–water partition coefficient (Wildman–Crippen LogP) is 4.46. The molecule has 254 valence electrons. The summed E-state index contributed by atoms with van der Waals surface area (Å²) in [5.41, 5.74) is 2.43. The van der Waals surface area contributed by atoms with Crippen molar-refractivity contribution in [3.63, 3.8) is 0 Å². The molecule has 1 atom stereocenters. The van der Waals surface area contributed by atoms with Gasteiger partial charge in [0.1, 0.15) is 29.7 Å². The molecule has 1 aliphatic carbocycles. The van der Waals surface area contributed by atoms with Crippen LogP contribution in [0.3, 0.4) is 0 Å². The second kappa shape index (κ2) is 14.9. The van der Waals surface area contributed by atoms with Crippen molar-refractivity contribution in [1.29, 1.82) is 0 Å². The number of amides is 3. The molecule has 1 fully saturated rings. The standard InChI is InChI=1S/C36H36F3N7O3/c1-44-14-16-45(17-15-44)31-5-3-2-4-26(31)21-42-34(47)25-7-9-28(38)30(19-25)43-36(49)32-22-41-33-20-24(10-13-46(32)33)23-6-8-27(29(39)18-23)35(48)40-12-11-37/h2-4,6-10,13,18-20,22,31H,5,11-12,14-17,21H2,1H3,(H,40,48)(H,42,47)(H,43,49). The number of aromatic nitrogens is 2. The number of nitrogens with one attached hydrogen (secondary N) is 3. The molecule has 3 heterocycles. The fourth-order valence-corrected chi connectivity index (χ4v) is 6.05. The van der Waals surface area contributed by atoms with Crippen LogP contribution in [0.25, 0.3) is 16.8 Å². The van der Waals surface area contributed by atoms with E-state index >= 15 is 0 Å². The number of carbonyl (C=O) groups is 3. The fourth-order valence-electron chi connectivity index (χ4n) is 6.05. The zero-order chi connectivity index (χ0) is 34.5. The number of nitrogens with zero attached hydrogens (tertiary/aromatic N) is 4. The number of imidazole rings is 1. The van der Waals surface area contributed by atoms with E-state index in [1.807, 2.05) is 12.2 Å². The summed E-state index contributed by atoms with van der Waals surface area (Å²) in [6, 6.07) is 11.3. The number of rotatable bonds is 10. The van der Waals surface area contributed by atoms with E-state index in [2.05, 4.69) is 43.9 Å². The molecule has 13 heteroatoms. The molecule has 6 rings (SSSR count). The lowest BCUT2D eigenvalue weighted by atomic mass is 9.96. The number of pyridine rings is 1. The number of fused-ring (bicyclic) bond motifs is 1. The van der Waals surface area contributed by atoms with Crippen molar-refractivity contribution in [3.05, 3.63) is 113 Å². The molecule has 4 aromatic rings. The molecule has 1 saturated heterocycles. The monoisotopic (exact) mass is 671 g/mol. The van der Waals surface area contributed by atoms with Crippen molar-refractivity contribution in [2.75, 3.05) is 58.3 Å². The Bertz CT molecular complexity index is 1950. The third kappa shape index (κ3) is 7.58. The number of alkyl halides is 1. The van der Waals surface area contributed by atoms with Gasteiger partial charge in [0, 0.05) is 57.1 Å². The minimum atomic E-state index is -0.770. The number of piperazine rings is 1. The van der Waals surface area contributed by atoms with Gasteiger partial charge in [0.2, 0.25) is 0 Å².